The standard InChI is InChI=1S/C19H18N4O5/c20-16(24)11-28-15-7-3-13(4-8-15)21-19(27)12-1-5-14(6-2-12)23-18(26)10-9-17(25)22-23/h1-8H,9-11H2,(H2,20,24)(H,21,27)(H,22,25). The van der Waals surface area contributed by atoms with Crippen LogP contribution in [0, 0.1) is 0 Å². The predicted octanol–water partition coefficient (Wildman–Crippen LogP) is 0.961. The van der Waals surface area contributed by atoms with Crippen LogP contribution >= 0.6 is 0 Å². The summed E-state index contributed by atoms with van der Waals surface area (Å²) in [7, 11) is 0. The Balaban J connectivity index is 1.62. The predicted molar refractivity (Wildman–Crippen MR) is 100 cm³/mol. The van der Waals surface area contributed by atoms with Crippen LogP contribution < -0.4 is 26.2 Å². The van der Waals surface area contributed by atoms with E-state index in [1.165, 1.54) is 5.01 Å². The van der Waals surface area contributed by atoms with Gasteiger partial charge in [0.05, 0.1) is 5.69 Å². The molecular weight excluding hydrogens is 364 g/mol. The molecule has 4 amide bonds. The van der Waals surface area contributed by atoms with E-state index < -0.39 is 5.91 Å². The smallest absolute Gasteiger partial charge is 0.255 e. The van der Waals surface area contributed by atoms with Gasteiger partial charge in [-0.25, -0.2) is 5.01 Å². The Bertz CT molecular complexity index is 909. The summed E-state index contributed by atoms with van der Waals surface area (Å²) in [6.07, 6.45) is 0.315. The highest BCUT2D eigenvalue weighted by molar-refractivity contribution is 6.05. The molecule has 144 valence electrons. The van der Waals surface area contributed by atoms with Crippen molar-refractivity contribution >= 4 is 35.0 Å². The van der Waals surface area contributed by atoms with E-state index in [4.69, 9.17) is 10.5 Å². The molecule has 1 fully saturated rings. The summed E-state index contributed by atoms with van der Waals surface area (Å²) >= 11 is 0. The second kappa shape index (κ2) is 8.21. The van der Waals surface area contributed by atoms with Gasteiger partial charge in [-0.1, -0.05) is 0 Å². The third-order valence-electron chi connectivity index (χ3n) is 3.93. The fraction of sp³-hybridized carbons (Fsp3) is 0.158. The highest BCUT2D eigenvalue weighted by Crippen LogP contribution is 2.19. The van der Waals surface area contributed by atoms with Gasteiger partial charge in [-0.15, -0.1) is 0 Å². The highest BCUT2D eigenvalue weighted by atomic mass is 16.5. The SMILES string of the molecule is NC(=O)COc1ccc(NC(=O)c2ccc(N3NC(=O)CCC3=O)cc2)cc1. The van der Waals surface area contributed by atoms with Gasteiger partial charge in [0.15, 0.2) is 6.61 Å². The Morgan fingerprint density at radius 3 is 2.36 bits per heavy atom. The van der Waals surface area contributed by atoms with E-state index in [1.54, 1.807) is 48.5 Å². The summed E-state index contributed by atoms with van der Waals surface area (Å²) in [6.45, 7) is -0.224. The molecule has 4 N–H and O–H groups in total. The zero-order chi connectivity index (χ0) is 20.1. The lowest BCUT2D eigenvalue weighted by Crippen LogP contribution is -2.50. The van der Waals surface area contributed by atoms with Crippen molar-refractivity contribution in [1.82, 2.24) is 5.43 Å². The van der Waals surface area contributed by atoms with Gasteiger partial charge in [0, 0.05) is 24.1 Å². The summed E-state index contributed by atoms with van der Waals surface area (Å²) in [5.74, 6) is -0.910. The van der Waals surface area contributed by atoms with Crippen LogP contribution in [0.25, 0.3) is 0 Å². The average molecular weight is 382 g/mol. The van der Waals surface area contributed by atoms with Crippen LogP contribution in [0.4, 0.5) is 11.4 Å². The number of carbonyl (C=O) groups is 4. The van der Waals surface area contributed by atoms with Gasteiger partial charge in [-0.3, -0.25) is 24.6 Å². The molecule has 1 heterocycles. The van der Waals surface area contributed by atoms with E-state index in [0.717, 1.165) is 0 Å². The molecule has 0 atom stereocenters. The molecule has 3 rings (SSSR count). The molecule has 0 aliphatic carbocycles. The van der Waals surface area contributed by atoms with Gasteiger partial charge >= 0.3 is 0 Å². The molecule has 9 heteroatoms. The summed E-state index contributed by atoms with van der Waals surface area (Å²) in [6, 6.07) is 12.7. The van der Waals surface area contributed by atoms with Crippen molar-refractivity contribution < 1.29 is 23.9 Å². The van der Waals surface area contributed by atoms with Crippen LogP contribution in [0.5, 0.6) is 5.75 Å². The second-order valence-corrected chi connectivity index (χ2v) is 6.04. The fourth-order valence-corrected chi connectivity index (χ4v) is 2.54. The Morgan fingerprint density at radius 2 is 1.71 bits per heavy atom. The molecule has 2 aromatic rings. The Morgan fingerprint density at radius 1 is 1.04 bits per heavy atom. The van der Waals surface area contributed by atoms with E-state index in [0.29, 0.717) is 22.7 Å². The molecule has 0 unspecified atom stereocenters. The fourth-order valence-electron chi connectivity index (χ4n) is 2.54. The summed E-state index contributed by atoms with van der Waals surface area (Å²) in [4.78, 5) is 46.4. The van der Waals surface area contributed by atoms with Crippen molar-refractivity contribution in [3.8, 4) is 5.75 Å². The molecular formula is C19H18N4O5. The first-order valence-electron chi connectivity index (χ1n) is 8.47. The molecule has 28 heavy (non-hydrogen) atoms. The molecule has 0 aromatic heterocycles. The van der Waals surface area contributed by atoms with Gasteiger partial charge in [0.1, 0.15) is 5.75 Å². The minimum atomic E-state index is -0.577. The lowest BCUT2D eigenvalue weighted by Gasteiger charge is -2.27. The third kappa shape index (κ3) is 4.64. The molecule has 2 aromatic carbocycles. The van der Waals surface area contributed by atoms with E-state index in [1.807, 2.05) is 0 Å². The molecule has 1 aliphatic rings. The monoisotopic (exact) mass is 382 g/mol. The van der Waals surface area contributed by atoms with Crippen molar-refractivity contribution in [2.45, 2.75) is 12.8 Å². The maximum atomic E-state index is 12.4. The zero-order valence-corrected chi connectivity index (χ0v) is 14.8. The quantitative estimate of drug-likeness (QED) is 0.685. The summed E-state index contributed by atoms with van der Waals surface area (Å²) in [5, 5.41) is 3.91. The number of rotatable bonds is 6. The maximum absolute atomic E-state index is 12.4. The van der Waals surface area contributed by atoms with E-state index in [9.17, 15) is 19.2 Å². The first-order chi connectivity index (χ1) is 13.4. The first kappa shape index (κ1) is 18.9. The Kier molecular flexibility index (Phi) is 5.54. The number of hydrogen-bond donors (Lipinski definition) is 3. The topological polar surface area (TPSA) is 131 Å². The van der Waals surface area contributed by atoms with Crippen LogP contribution in [0.1, 0.15) is 23.2 Å². The van der Waals surface area contributed by atoms with Crippen LogP contribution in [0.15, 0.2) is 48.5 Å². The first-order valence-corrected chi connectivity index (χ1v) is 8.47. The molecule has 0 spiro atoms. The average Bonchev–Trinajstić information content (AvgIpc) is 2.69. The number of hydrazine groups is 1. The molecule has 0 radical (unpaired) electrons. The number of ether oxygens (including phenoxy) is 1. The number of benzene rings is 2. The highest BCUT2D eigenvalue weighted by Gasteiger charge is 2.24. The van der Waals surface area contributed by atoms with Gasteiger partial charge in [-0.05, 0) is 48.5 Å². The molecule has 0 saturated carbocycles. The van der Waals surface area contributed by atoms with Gasteiger partial charge in [-0.2, -0.15) is 0 Å². The number of nitrogens with zero attached hydrogens (tertiary/aromatic N) is 1. The van der Waals surface area contributed by atoms with Gasteiger partial charge < -0.3 is 15.8 Å². The van der Waals surface area contributed by atoms with E-state index in [-0.39, 0.29) is 37.2 Å². The van der Waals surface area contributed by atoms with Crippen LogP contribution in [0.2, 0.25) is 0 Å². The normalized spacial score (nSPS) is 13.6. The molecule has 1 saturated heterocycles. The summed E-state index contributed by atoms with van der Waals surface area (Å²) < 4.78 is 5.15. The van der Waals surface area contributed by atoms with Crippen LogP contribution in [0.3, 0.4) is 0 Å². The second-order valence-electron chi connectivity index (χ2n) is 6.04. The lowest BCUT2D eigenvalue weighted by molar-refractivity contribution is -0.130. The number of amides is 4. The van der Waals surface area contributed by atoms with Gasteiger partial charge in [0.2, 0.25) is 11.8 Å². The number of hydrogen-bond acceptors (Lipinski definition) is 5. The number of anilines is 2. The van der Waals surface area contributed by atoms with E-state index >= 15 is 0 Å². The van der Waals surface area contributed by atoms with Crippen molar-refractivity contribution in [3.63, 3.8) is 0 Å². The Labute approximate surface area is 160 Å². The Hall–Kier alpha value is -3.88. The molecule has 1 aliphatic heterocycles. The number of nitrogens with one attached hydrogen (secondary N) is 2. The molecule has 9 nitrogen and oxygen atoms in total. The number of primary amides is 1. The zero-order valence-electron chi connectivity index (χ0n) is 14.8. The van der Waals surface area contributed by atoms with Gasteiger partial charge in [0.25, 0.3) is 11.8 Å². The third-order valence-corrected chi connectivity index (χ3v) is 3.93. The van der Waals surface area contributed by atoms with E-state index in [2.05, 4.69) is 10.7 Å². The van der Waals surface area contributed by atoms with Crippen molar-refractivity contribution in [3.05, 3.63) is 54.1 Å². The van der Waals surface area contributed by atoms with Crippen LogP contribution in [-0.4, -0.2) is 30.2 Å². The number of carbonyl (C=O) groups excluding carboxylic acids is 4. The minimum absolute atomic E-state index is 0.146. The maximum Gasteiger partial charge on any atom is 0.255 e. The largest absolute Gasteiger partial charge is 0.484 e. The minimum Gasteiger partial charge on any atom is -0.484 e. The number of nitrogens with two attached hydrogens (primary N) is 1. The van der Waals surface area contributed by atoms with Crippen molar-refractivity contribution in [2.75, 3.05) is 16.9 Å². The van der Waals surface area contributed by atoms with Crippen molar-refractivity contribution in [2.24, 2.45) is 5.73 Å². The van der Waals surface area contributed by atoms with Crippen LogP contribution in [-0.2, 0) is 14.4 Å². The van der Waals surface area contributed by atoms with Crippen molar-refractivity contribution in [1.29, 1.82) is 0 Å². The lowest BCUT2D eigenvalue weighted by atomic mass is 10.1. The summed E-state index contributed by atoms with van der Waals surface area (Å²) in [5.41, 5.74) is 8.91. The molecule has 0 bridgehead atoms.